The fourth-order valence-corrected chi connectivity index (χ4v) is 4.48. The Morgan fingerprint density at radius 1 is 1.24 bits per heavy atom. The first kappa shape index (κ1) is 23.0. The van der Waals surface area contributed by atoms with E-state index < -0.39 is 5.97 Å². The molecule has 1 fully saturated rings. The van der Waals surface area contributed by atoms with Crippen molar-refractivity contribution in [3.8, 4) is 0 Å². The topological polar surface area (TPSA) is 99.5 Å². The van der Waals surface area contributed by atoms with E-state index in [1.165, 1.54) is 24.9 Å². The standard InChI is InChI=1S/C24H25N3O5S/c1-15-5-8-17(9-6-15)25-21(28)14-33-24-26-20-12-16(23(30)31-2)7-10-19(20)22(29)27(24)13-18-4-3-11-32-18/h5-10,12,18H,3-4,11,13-14H2,1-2H3,(H,25,28)/t18-/m1/s1. The number of carbonyl (C=O) groups excluding carboxylic acids is 2. The van der Waals surface area contributed by atoms with E-state index >= 15 is 0 Å². The lowest BCUT2D eigenvalue weighted by atomic mass is 10.1. The van der Waals surface area contributed by atoms with Crippen molar-refractivity contribution >= 4 is 40.2 Å². The summed E-state index contributed by atoms with van der Waals surface area (Å²) in [6.07, 6.45) is 1.74. The van der Waals surface area contributed by atoms with Crippen LogP contribution in [0.1, 0.15) is 28.8 Å². The lowest BCUT2D eigenvalue weighted by molar-refractivity contribution is -0.113. The lowest BCUT2D eigenvalue weighted by Crippen LogP contribution is -2.29. The highest BCUT2D eigenvalue weighted by atomic mass is 32.2. The molecule has 2 aromatic carbocycles. The van der Waals surface area contributed by atoms with Crippen LogP contribution in [0.3, 0.4) is 0 Å². The first-order valence-electron chi connectivity index (χ1n) is 10.7. The van der Waals surface area contributed by atoms with Crippen molar-refractivity contribution < 1.29 is 19.1 Å². The largest absolute Gasteiger partial charge is 0.465 e. The van der Waals surface area contributed by atoms with E-state index in [1.54, 1.807) is 16.7 Å². The Kier molecular flexibility index (Phi) is 7.10. The van der Waals surface area contributed by atoms with E-state index in [9.17, 15) is 14.4 Å². The van der Waals surface area contributed by atoms with Gasteiger partial charge in [-0.05, 0) is 50.1 Å². The Labute approximate surface area is 195 Å². The van der Waals surface area contributed by atoms with Gasteiger partial charge in [0.2, 0.25) is 5.91 Å². The molecule has 9 heteroatoms. The molecule has 172 valence electrons. The summed E-state index contributed by atoms with van der Waals surface area (Å²) in [7, 11) is 1.30. The molecule has 3 aromatic rings. The number of amides is 1. The number of thioether (sulfide) groups is 1. The van der Waals surface area contributed by atoms with Crippen LogP contribution in [-0.4, -0.2) is 47.0 Å². The van der Waals surface area contributed by atoms with Crippen LogP contribution in [0, 0.1) is 6.92 Å². The average Bonchev–Trinajstić information content (AvgIpc) is 3.33. The number of esters is 1. The van der Waals surface area contributed by atoms with Gasteiger partial charge < -0.3 is 14.8 Å². The van der Waals surface area contributed by atoms with Crippen molar-refractivity contribution in [1.82, 2.24) is 9.55 Å². The number of hydrogen-bond donors (Lipinski definition) is 1. The number of hydrogen-bond acceptors (Lipinski definition) is 7. The van der Waals surface area contributed by atoms with E-state index in [4.69, 9.17) is 9.47 Å². The van der Waals surface area contributed by atoms with Gasteiger partial charge >= 0.3 is 5.97 Å². The van der Waals surface area contributed by atoms with E-state index in [-0.39, 0.29) is 23.3 Å². The third-order valence-corrected chi connectivity index (χ3v) is 6.40. The quantitative estimate of drug-likeness (QED) is 0.323. The minimum Gasteiger partial charge on any atom is -0.465 e. The summed E-state index contributed by atoms with van der Waals surface area (Å²) >= 11 is 1.18. The summed E-state index contributed by atoms with van der Waals surface area (Å²) in [5, 5.41) is 3.66. The molecule has 2 heterocycles. The first-order chi connectivity index (χ1) is 15.9. The van der Waals surface area contributed by atoms with Gasteiger partial charge in [-0.3, -0.25) is 14.2 Å². The van der Waals surface area contributed by atoms with Gasteiger partial charge in [0.1, 0.15) is 0 Å². The zero-order valence-corrected chi connectivity index (χ0v) is 19.3. The highest BCUT2D eigenvalue weighted by Gasteiger charge is 2.21. The van der Waals surface area contributed by atoms with E-state index in [1.807, 2.05) is 31.2 Å². The number of anilines is 1. The number of aromatic nitrogens is 2. The molecule has 1 N–H and O–H groups in total. The fourth-order valence-electron chi connectivity index (χ4n) is 3.67. The van der Waals surface area contributed by atoms with Gasteiger partial charge in [0.05, 0.1) is 42.0 Å². The number of nitrogens with one attached hydrogen (secondary N) is 1. The molecular weight excluding hydrogens is 442 g/mol. The third-order valence-electron chi connectivity index (χ3n) is 5.42. The molecule has 4 rings (SSSR count). The minimum absolute atomic E-state index is 0.0722. The molecular formula is C24H25N3O5S. The van der Waals surface area contributed by atoms with Crippen molar-refractivity contribution in [3.63, 3.8) is 0 Å². The van der Waals surface area contributed by atoms with Crippen molar-refractivity contribution in [2.24, 2.45) is 0 Å². The fraction of sp³-hybridized carbons (Fsp3) is 0.333. The highest BCUT2D eigenvalue weighted by molar-refractivity contribution is 7.99. The number of aryl methyl sites for hydroxylation is 1. The molecule has 1 saturated heterocycles. The Bertz CT molecular complexity index is 1230. The van der Waals surface area contributed by atoms with Gasteiger partial charge in [-0.2, -0.15) is 0 Å². The summed E-state index contributed by atoms with van der Waals surface area (Å²) in [6, 6.07) is 12.2. The zero-order valence-electron chi connectivity index (χ0n) is 18.5. The normalized spacial score (nSPS) is 15.5. The second-order valence-electron chi connectivity index (χ2n) is 7.87. The summed E-state index contributed by atoms with van der Waals surface area (Å²) < 4.78 is 12.1. The second kappa shape index (κ2) is 10.2. The van der Waals surface area contributed by atoms with E-state index in [2.05, 4.69) is 10.3 Å². The van der Waals surface area contributed by atoms with Crippen molar-refractivity contribution in [2.75, 3.05) is 24.8 Å². The molecule has 1 atom stereocenters. The summed E-state index contributed by atoms with van der Waals surface area (Å²) in [5.41, 5.74) is 2.27. The van der Waals surface area contributed by atoms with Gasteiger partial charge in [-0.25, -0.2) is 9.78 Å². The number of benzene rings is 2. The maximum absolute atomic E-state index is 13.3. The number of rotatable bonds is 7. The molecule has 0 unspecified atom stereocenters. The smallest absolute Gasteiger partial charge is 0.337 e. The molecule has 33 heavy (non-hydrogen) atoms. The highest BCUT2D eigenvalue weighted by Crippen LogP contribution is 2.22. The molecule has 1 aliphatic rings. The van der Waals surface area contributed by atoms with Gasteiger partial charge in [0, 0.05) is 12.3 Å². The van der Waals surface area contributed by atoms with Crippen LogP contribution >= 0.6 is 11.8 Å². The number of fused-ring (bicyclic) bond motifs is 1. The van der Waals surface area contributed by atoms with E-state index in [0.717, 1.165) is 18.4 Å². The van der Waals surface area contributed by atoms with Crippen LogP contribution in [0.15, 0.2) is 52.4 Å². The van der Waals surface area contributed by atoms with Crippen LogP contribution in [0.2, 0.25) is 0 Å². The van der Waals surface area contributed by atoms with Gasteiger partial charge in [-0.15, -0.1) is 0 Å². The molecule has 0 saturated carbocycles. The van der Waals surface area contributed by atoms with Crippen molar-refractivity contribution in [3.05, 3.63) is 63.9 Å². The number of methoxy groups -OCH3 is 1. The van der Waals surface area contributed by atoms with Crippen LogP contribution in [-0.2, 0) is 20.8 Å². The van der Waals surface area contributed by atoms with Crippen molar-refractivity contribution in [1.29, 1.82) is 0 Å². The molecule has 8 nitrogen and oxygen atoms in total. The Balaban J connectivity index is 1.62. The molecule has 0 radical (unpaired) electrons. The maximum atomic E-state index is 13.3. The lowest BCUT2D eigenvalue weighted by Gasteiger charge is -2.16. The molecule has 0 spiro atoms. The molecule has 0 aliphatic carbocycles. The molecule has 1 aliphatic heterocycles. The zero-order chi connectivity index (χ0) is 23.4. The third kappa shape index (κ3) is 5.43. The number of nitrogens with zero attached hydrogens (tertiary/aromatic N) is 2. The molecule has 1 aromatic heterocycles. The SMILES string of the molecule is COC(=O)c1ccc2c(=O)n(C[C@H]3CCCO3)c(SCC(=O)Nc3ccc(C)cc3)nc2c1. The van der Waals surface area contributed by atoms with Crippen LogP contribution in [0.4, 0.5) is 5.69 Å². The number of carbonyl (C=O) groups is 2. The van der Waals surface area contributed by atoms with Gasteiger partial charge in [-0.1, -0.05) is 29.5 Å². The Hall–Kier alpha value is -3.17. The molecule has 1 amide bonds. The predicted molar refractivity (Wildman–Crippen MR) is 127 cm³/mol. The van der Waals surface area contributed by atoms with Gasteiger partial charge in [0.15, 0.2) is 5.16 Å². The van der Waals surface area contributed by atoms with Crippen LogP contribution in [0.25, 0.3) is 10.9 Å². The molecule has 0 bridgehead atoms. The van der Waals surface area contributed by atoms with E-state index in [0.29, 0.717) is 40.5 Å². The number of ether oxygens (including phenoxy) is 2. The Morgan fingerprint density at radius 3 is 2.73 bits per heavy atom. The predicted octanol–water partition coefficient (Wildman–Crippen LogP) is 3.40. The monoisotopic (exact) mass is 467 g/mol. The summed E-state index contributed by atoms with van der Waals surface area (Å²) in [6.45, 7) is 3.01. The first-order valence-corrected chi connectivity index (χ1v) is 11.7. The average molecular weight is 468 g/mol. The summed E-state index contributed by atoms with van der Waals surface area (Å²) in [4.78, 5) is 42.4. The summed E-state index contributed by atoms with van der Waals surface area (Å²) in [5.74, 6) is -0.632. The minimum atomic E-state index is -0.506. The van der Waals surface area contributed by atoms with Crippen LogP contribution < -0.4 is 10.9 Å². The maximum Gasteiger partial charge on any atom is 0.337 e. The van der Waals surface area contributed by atoms with Gasteiger partial charge in [0.25, 0.3) is 5.56 Å². The second-order valence-corrected chi connectivity index (χ2v) is 8.81. The Morgan fingerprint density at radius 2 is 2.03 bits per heavy atom. The van der Waals surface area contributed by atoms with Crippen LogP contribution in [0.5, 0.6) is 0 Å². The van der Waals surface area contributed by atoms with Crippen molar-refractivity contribution in [2.45, 2.75) is 37.6 Å².